The normalized spacial score (nSPS) is 23.4. The first-order chi connectivity index (χ1) is 14.1. The number of amides is 1. The van der Waals surface area contributed by atoms with Crippen LogP contribution in [0.15, 0.2) is 54.6 Å². The zero-order valence-corrected chi connectivity index (χ0v) is 16.7. The van der Waals surface area contributed by atoms with Gasteiger partial charge >= 0.3 is 5.97 Å². The topological polar surface area (TPSA) is 64.6 Å². The molecule has 0 spiro atoms. The van der Waals surface area contributed by atoms with Crippen LogP contribution in [0.1, 0.15) is 43.0 Å². The maximum Gasteiger partial charge on any atom is 0.338 e. The van der Waals surface area contributed by atoms with Crippen molar-refractivity contribution in [2.45, 2.75) is 38.6 Å². The lowest BCUT2D eigenvalue weighted by Gasteiger charge is -2.28. The summed E-state index contributed by atoms with van der Waals surface area (Å²) < 4.78 is 11.0. The molecule has 2 fully saturated rings. The van der Waals surface area contributed by atoms with Crippen molar-refractivity contribution in [3.05, 3.63) is 60.2 Å². The van der Waals surface area contributed by atoms with Crippen LogP contribution in [0.5, 0.6) is 11.5 Å². The van der Waals surface area contributed by atoms with E-state index in [1.807, 2.05) is 30.3 Å². The Morgan fingerprint density at radius 2 is 1.83 bits per heavy atom. The molecule has 1 N–H and O–H groups in total. The molecular formula is C24H27NO4. The molecule has 0 saturated heterocycles. The third kappa shape index (κ3) is 4.78. The maximum absolute atomic E-state index is 12.3. The van der Waals surface area contributed by atoms with Gasteiger partial charge in [-0.1, -0.05) is 30.7 Å². The van der Waals surface area contributed by atoms with E-state index in [0.717, 1.165) is 11.8 Å². The quantitative estimate of drug-likeness (QED) is 0.700. The second-order valence-corrected chi connectivity index (χ2v) is 8.21. The van der Waals surface area contributed by atoms with E-state index in [1.165, 1.54) is 25.7 Å². The van der Waals surface area contributed by atoms with Crippen LogP contribution in [0.3, 0.4) is 0 Å². The number of hydrogen-bond donors (Lipinski definition) is 1. The molecule has 2 aromatic rings. The lowest BCUT2D eigenvalue weighted by Crippen LogP contribution is -2.42. The molecule has 2 aliphatic carbocycles. The predicted octanol–water partition coefficient (Wildman–Crippen LogP) is 4.58. The molecule has 4 atom stereocenters. The zero-order chi connectivity index (χ0) is 20.2. The number of carbonyl (C=O) groups is 2. The average Bonchev–Trinajstić information content (AvgIpc) is 3.37. The summed E-state index contributed by atoms with van der Waals surface area (Å²) >= 11 is 0. The molecule has 0 aliphatic heterocycles. The molecule has 0 heterocycles. The fourth-order valence-electron chi connectivity index (χ4n) is 4.83. The van der Waals surface area contributed by atoms with Crippen LogP contribution in [0, 0.1) is 17.8 Å². The summed E-state index contributed by atoms with van der Waals surface area (Å²) in [5.41, 5.74) is 0.354. The van der Waals surface area contributed by atoms with Crippen LogP contribution in [0.4, 0.5) is 0 Å². The van der Waals surface area contributed by atoms with Crippen molar-refractivity contribution in [2.24, 2.45) is 17.8 Å². The second-order valence-electron chi connectivity index (χ2n) is 8.21. The van der Waals surface area contributed by atoms with Crippen molar-refractivity contribution in [2.75, 3.05) is 6.61 Å². The molecule has 2 bridgehead atoms. The van der Waals surface area contributed by atoms with E-state index in [1.54, 1.807) is 24.3 Å². The smallest absolute Gasteiger partial charge is 0.338 e. The minimum absolute atomic E-state index is 0.124. The number of carbonyl (C=O) groups excluding carboxylic acids is 2. The summed E-state index contributed by atoms with van der Waals surface area (Å²) in [5, 5.41) is 3.02. The van der Waals surface area contributed by atoms with Gasteiger partial charge in [-0.05, 0) is 74.3 Å². The van der Waals surface area contributed by atoms with Gasteiger partial charge in [0.1, 0.15) is 11.5 Å². The fourth-order valence-corrected chi connectivity index (χ4v) is 4.83. The Balaban J connectivity index is 1.27. The van der Waals surface area contributed by atoms with Gasteiger partial charge in [0.25, 0.3) is 5.91 Å². The Morgan fingerprint density at radius 1 is 1.03 bits per heavy atom. The van der Waals surface area contributed by atoms with E-state index in [2.05, 4.69) is 12.2 Å². The van der Waals surface area contributed by atoms with Gasteiger partial charge in [0, 0.05) is 6.04 Å². The van der Waals surface area contributed by atoms with Gasteiger partial charge in [0.15, 0.2) is 6.61 Å². The van der Waals surface area contributed by atoms with Gasteiger partial charge in [-0.2, -0.15) is 0 Å². The molecule has 1 amide bonds. The van der Waals surface area contributed by atoms with E-state index in [9.17, 15) is 9.59 Å². The van der Waals surface area contributed by atoms with E-state index in [0.29, 0.717) is 23.0 Å². The van der Waals surface area contributed by atoms with Crippen molar-refractivity contribution in [1.82, 2.24) is 5.32 Å². The Morgan fingerprint density at radius 3 is 2.55 bits per heavy atom. The van der Waals surface area contributed by atoms with Crippen LogP contribution in [0.2, 0.25) is 0 Å². The highest BCUT2D eigenvalue weighted by molar-refractivity contribution is 5.91. The van der Waals surface area contributed by atoms with E-state index in [4.69, 9.17) is 9.47 Å². The van der Waals surface area contributed by atoms with E-state index >= 15 is 0 Å². The molecule has 29 heavy (non-hydrogen) atoms. The highest BCUT2D eigenvalue weighted by Gasteiger charge is 2.42. The molecule has 5 nitrogen and oxygen atoms in total. The van der Waals surface area contributed by atoms with E-state index < -0.39 is 5.97 Å². The molecular weight excluding hydrogens is 366 g/mol. The zero-order valence-electron chi connectivity index (χ0n) is 16.7. The van der Waals surface area contributed by atoms with Crippen molar-refractivity contribution < 1.29 is 19.1 Å². The molecule has 5 heteroatoms. The summed E-state index contributed by atoms with van der Waals surface area (Å²) in [6.07, 6.45) is 5.14. The lowest BCUT2D eigenvalue weighted by atomic mass is 9.84. The molecule has 0 aromatic heterocycles. The SMILES string of the molecule is C[C@H](NC(=O)COC(=O)c1cccc(Oc2ccccc2)c1)[C@@H]1C[C@H]2CC[C@H]1C2. The second kappa shape index (κ2) is 8.68. The predicted molar refractivity (Wildman–Crippen MR) is 110 cm³/mol. The Bertz CT molecular complexity index is 866. The van der Waals surface area contributed by atoms with Crippen molar-refractivity contribution >= 4 is 11.9 Å². The molecule has 2 aromatic carbocycles. The summed E-state index contributed by atoms with van der Waals surface area (Å²) in [6.45, 7) is 1.79. The number of rotatable bonds is 7. The number of fused-ring (bicyclic) bond motifs is 2. The first kappa shape index (κ1) is 19.5. The third-order valence-corrected chi connectivity index (χ3v) is 6.21. The minimum atomic E-state index is -0.536. The fraction of sp³-hybridized carbons (Fsp3) is 0.417. The first-order valence-corrected chi connectivity index (χ1v) is 10.4. The molecule has 2 aliphatic rings. The summed E-state index contributed by atoms with van der Waals surface area (Å²) in [4.78, 5) is 24.6. The van der Waals surface area contributed by atoms with Gasteiger partial charge in [0.05, 0.1) is 5.56 Å². The standard InChI is InChI=1S/C24H27NO4/c1-16(22-13-17-10-11-18(22)12-17)25-23(26)15-28-24(27)19-6-5-9-21(14-19)29-20-7-3-2-4-8-20/h2-9,14,16-18,22H,10-13,15H2,1H3,(H,25,26)/t16-,17-,18-,22-/m0/s1. The highest BCUT2D eigenvalue weighted by atomic mass is 16.5. The van der Waals surface area contributed by atoms with Crippen LogP contribution in [-0.4, -0.2) is 24.5 Å². The van der Waals surface area contributed by atoms with E-state index in [-0.39, 0.29) is 18.6 Å². The van der Waals surface area contributed by atoms with Crippen molar-refractivity contribution in [3.8, 4) is 11.5 Å². The average molecular weight is 393 g/mol. The Labute approximate surface area is 171 Å². The molecule has 152 valence electrons. The summed E-state index contributed by atoms with van der Waals surface area (Å²) in [7, 11) is 0. The summed E-state index contributed by atoms with van der Waals surface area (Å²) in [5.74, 6) is 2.58. The number of benzene rings is 2. The van der Waals surface area contributed by atoms with Gasteiger partial charge in [-0.25, -0.2) is 4.79 Å². The van der Waals surface area contributed by atoms with Gasteiger partial charge in [-0.15, -0.1) is 0 Å². The Kier molecular flexibility index (Phi) is 5.84. The van der Waals surface area contributed by atoms with Crippen LogP contribution < -0.4 is 10.1 Å². The van der Waals surface area contributed by atoms with Crippen molar-refractivity contribution in [1.29, 1.82) is 0 Å². The third-order valence-electron chi connectivity index (χ3n) is 6.21. The van der Waals surface area contributed by atoms with Crippen molar-refractivity contribution in [3.63, 3.8) is 0 Å². The summed E-state index contributed by atoms with van der Waals surface area (Å²) in [6, 6.07) is 16.2. The maximum atomic E-state index is 12.3. The first-order valence-electron chi connectivity index (χ1n) is 10.4. The molecule has 0 unspecified atom stereocenters. The number of ether oxygens (including phenoxy) is 2. The van der Waals surface area contributed by atoms with Gasteiger partial charge in [0.2, 0.25) is 0 Å². The highest BCUT2D eigenvalue weighted by Crippen LogP contribution is 2.49. The monoisotopic (exact) mass is 393 g/mol. The molecule has 4 rings (SSSR count). The molecule has 0 radical (unpaired) electrons. The Hall–Kier alpha value is -2.82. The van der Waals surface area contributed by atoms with Crippen LogP contribution in [0.25, 0.3) is 0 Å². The number of esters is 1. The minimum Gasteiger partial charge on any atom is -0.457 e. The number of para-hydroxylation sites is 1. The van der Waals surface area contributed by atoms with Crippen LogP contribution in [-0.2, 0) is 9.53 Å². The van der Waals surface area contributed by atoms with Gasteiger partial charge in [-0.3, -0.25) is 4.79 Å². The number of hydrogen-bond acceptors (Lipinski definition) is 4. The molecule has 2 saturated carbocycles. The van der Waals surface area contributed by atoms with Gasteiger partial charge < -0.3 is 14.8 Å². The largest absolute Gasteiger partial charge is 0.457 e. The lowest BCUT2D eigenvalue weighted by molar-refractivity contribution is -0.125. The number of nitrogens with one attached hydrogen (secondary N) is 1. The van der Waals surface area contributed by atoms with Crippen LogP contribution >= 0.6 is 0 Å².